The highest BCUT2D eigenvalue weighted by Gasteiger charge is 2.17. The molecular formula is C11H16BrNOS. The molecule has 0 amide bonds. The topological polar surface area (TPSA) is 22.0 Å². The number of aromatic nitrogens is 1. The van der Waals surface area contributed by atoms with Crippen molar-refractivity contribution in [2.45, 2.75) is 27.3 Å². The van der Waals surface area contributed by atoms with Gasteiger partial charge in [-0.15, -0.1) is 0 Å². The first kappa shape index (κ1) is 12.8. The van der Waals surface area contributed by atoms with Gasteiger partial charge in [-0.2, -0.15) is 12.6 Å². The summed E-state index contributed by atoms with van der Waals surface area (Å²) in [5.41, 5.74) is 0.868. The average Bonchev–Trinajstić information content (AvgIpc) is 2.13. The van der Waals surface area contributed by atoms with E-state index in [0.29, 0.717) is 6.54 Å². The number of hydrogen-bond donors (Lipinski definition) is 1. The number of thiol groups is 1. The van der Waals surface area contributed by atoms with Gasteiger partial charge in [-0.3, -0.25) is 4.79 Å². The second-order valence-electron chi connectivity index (χ2n) is 4.60. The molecule has 0 fully saturated rings. The van der Waals surface area contributed by atoms with Crippen LogP contribution in [0.15, 0.2) is 21.5 Å². The maximum Gasteiger partial charge on any atom is 0.253 e. The Hall–Kier alpha value is -0.220. The fourth-order valence-corrected chi connectivity index (χ4v) is 2.06. The van der Waals surface area contributed by atoms with Crippen LogP contribution in [0.1, 0.15) is 19.4 Å². The Morgan fingerprint density at radius 3 is 2.67 bits per heavy atom. The molecule has 15 heavy (non-hydrogen) atoms. The summed E-state index contributed by atoms with van der Waals surface area (Å²) >= 11 is 7.69. The van der Waals surface area contributed by atoms with Gasteiger partial charge in [0.05, 0.1) is 0 Å². The summed E-state index contributed by atoms with van der Waals surface area (Å²) in [5.74, 6) is 0.755. The molecule has 0 bridgehead atoms. The number of halogens is 1. The monoisotopic (exact) mass is 289 g/mol. The van der Waals surface area contributed by atoms with E-state index in [2.05, 4.69) is 42.4 Å². The molecule has 0 saturated carbocycles. The zero-order valence-corrected chi connectivity index (χ0v) is 11.7. The van der Waals surface area contributed by atoms with Gasteiger partial charge >= 0.3 is 0 Å². The Kier molecular flexibility index (Phi) is 4.06. The lowest BCUT2D eigenvalue weighted by atomic mass is 9.96. The summed E-state index contributed by atoms with van der Waals surface area (Å²) in [6.07, 6.45) is 1.83. The van der Waals surface area contributed by atoms with E-state index in [0.717, 1.165) is 15.8 Å². The minimum absolute atomic E-state index is 0.0279. The number of rotatable bonds is 3. The zero-order valence-electron chi connectivity index (χ0n) is 9.25. The molecule has 1 heterocycles. The molecule has 0 saturated heterocycles. The molecular weight excluding hydrogens is 274 g/mol. The maximum absolute atomic E-state index is 11.8. The van der Waals surface area contributed by atoms with Crippen molar-refractivity contribution in [1.29, 1.82) is 0 Å². The molecule has 0 spiro atoms. The van der Waals surface area contributed by atoms with E-state index in [1.807, 2.05) is 19.2 Å². The molecule has 0 aliphatic carbocycles. The Balaban J connectivity index is 3.11. The Morgan fingerprint density at radius 2 is 2.13 bits per heavy atom. The van der Waals surface area contributed by atoms with Gasteiger partial charge in [0.2, 0.25) is 0 Å². The second kappa shape index (κ2) is 4.74. The molecule has 0 aliphatic heterocycles. The highest BCUT2D eigenvalue weighted by molar-refractivity contribution is 9.10. The molecule has 0 aromatic carbocycles. The smallest absolute Gasteiger partial charge is 0.253 e. The number of nitrogens with zero attached hydrogens (tertiary/aromatic N) is 1. The molecule has 0 N–H and O–H groups in total. The van der Waals surface area contributed by atoms with E-state index in [1.54, 1.807) is 4.57 Å². The summed E-state index contributed by atoms with van der Waals surface area (Å²) < 4.78 is 2.69. The summed E-state index contributed by atoms with van der Waals surface area (Å²) in [6.45, 7) is 6.72. The van der Waals surface area contributed by atoms with Gasteiger partial charge in [-0.25, -0.2) is 0 Å². The van der Waals surface area contributed by atoms with Gasteiger partial charge in [0.25, 0.3) is 5.56 Å². The van der Waals surface area contributed by atoms with E-state index in [1.165, 1.54) is 0 Å². The molecule has 84 valence electrons. The first-order chi connectivity index (χ1) is 6.85. The second-order valence-corrected chi connectivity index (χ2v) is 5.83. The highest BCUT2D eigenvalue weighted by atomic mass is 79.9. The van der Waals surface area contributed by atoms with Crippen LogP contribution in [-0.4, -0.2) is 10.3 Å². The van der Waals surface area contributed by atoms with Gasteiger partial charge < -0.3 is 4.57 Å². The maximum atomic E-state index is 11.8. The fourth-order valence-electron chi connectivity index (χ4n) is 1.37. The zero-order chi connectivity index (χ0) is 11.6. The standard InChI is InChI=1S/C11H16BrNOS/c1-8-4-9(12)5-13(10(8)14)6-11(2,3)7-15/h4-5,15H,6-7H2,1-3H3. The summed E-state index contributed by atoms with van der Waals surface area (Å²) in [4.78, 5) is 11.8. The van der Waals surface area contributed by atoms with Gasteiger partial charge in [-0.1, -0.05) is 13.8 Å². The molecule has 4 heteroatoms. The predicted molar refractivity (Wildman–Crippen MR) is 70.8 cm³/mol. The van der Waals surface area contributed by atoms with Crippen LogP contribution in [-0.2, 0) is 6.54 Å². The molecule has 0 radical (unpaired) electrons. The largest absolute Gasteiger partial charge is 0.314 e. The predicted octanol–water partition coefficient (Wildman–Crippen LogP) is 2.88. The van der Waals surface area contributed by atoms with E-state index in [-0.39, 0.29) is 11.0 Å². The summed E-state index contributed by atoms with van der Waals surface area (Å²) in [5, 5.41) is 0. The molecule has 0 aliphatic rings. The van der Waals surface area contributed by atoms with Crippen molar-refractivity contribution >= 4 is 28.6 Å². The Bertz CT molecular complexity index is 412. The van der Waals surface area contributed by atoms with Crippen molar-refractivity contribution in [3.63, 3.8) is 0 Å². The van der Waals surface area contributed by atoms with E-state index >= 15 is 0 Å². The van der Waals surface area contributed by atoms with Gasteiger partial charge in [0.15, 0.2) is 0 Å². The van der Waals surface area contributed by atoms with Gasteiger partial charge in [0.1, 0.15) is 0 Å². The third kappa shape index (κ3) is 3.38. The van der Waals surface area contributed by atoms with Gasteiger partial charge in [0, 0.05) is 22.8 Å². The quantitative estimate of drug-likeness (QED) is 0.850. The molecule has 1 rings (SSSR count). The van der Waals surface area contributed by atoms with Crippen LogP contribution in [0.2, 0.25) is 0 Å². The van der Waals surface area contributed by atoms with E-state index in [9.17, 15) is 4.79 Å². The number of aryl methyl sites for hydroxylation is 1. The molecule has 2 nitrogen and oxygen atoms in total. The first-order valence-electron chi connectivity index (χ1n) is 4.83. The number of pyridine rings is 1. The van der Waals surface area contributed by atoms with Crippen molar-refractivity contribution in [1.82, 2.24) is 4.57 Å². The molecule has 0 atom stereocenters. The first-order valence-corrected chi connectivity index (χ1v) is 6.26. The van der Waals surface area contributed by atoms with E-state index < -0.39 is 0 Å². The Labute approximate surface area is 104 Å². The van der Waals surface area contributed by atoms with Crippen LogP contribution in [0.25, 0.3) is 0 Å². The van der Waals surface area contributed by atoms with Crippen molar-refractivity contribution in [2.75, 3.05) is 5.75 Å². The van der Waals surface area contributed by atoms with Crippen molar-refractivity contribution in [2.24, 2.45) is 5.41 Å². The van der Waals surface area contributed by atoms with Crippen LogP contribution in [0, 0.1) is 12.3 Å². The minimum atomic E-state index is 0.0279. The minimum Gasteiger partial charge on any atom is -0.314 e. The lowest BCUT2D eigenvalue weighted by Crippen LogP contribution is -2.30. The third-order valence-electron chi connectivity index (χ3n) is 2.26. The number of hydrogen-bond acceptors (Lipinski definition) is 2. The molecule has 0 unspecified atom stereocenters. The van der Waals surface area contributed by atoms with Crippen LogP contribution in [0.5, 0.6) is 0 Å². The average molecular weight is 290 g/mol. The third-order valence-corrected chi connectivity index (χ3v) is 3.55. The molecule has 1 aromatic heterocycles. The van der Waals surface area contributed by atoms with Crippen molar-refractivity contribution < 1.29 is 0 Å². The lowest BCUT2D eigenvalue weighted by molar-refractivity contribution is 0.346. The van der Waals surface area contributed by atoms with Crippen LogP contribution in [0.3, 0.4) is 0 Å². The van der Waals surface area contributed by atoms with Gasteiger partial charge in [-0.05, 0) is 40.1 Å². The fraction of sp³-hybridized carbons (Fsp3) is 0.545. The SMILES string of the molecule is Cc1cc(Br)cn(CC(C)(C)CS)c1=O. The van der Waals surface area contributed by atoms with Crippen molar-refractivity contribution in [3.8, 4) is 0 Å². The lowest BCUT2D eigenvalue weighted by Gasteiger charge is -2.23. The molecule has 1 aromatic rings. The van der Waals surface area contributed by atoms with Crippen LogP contribution < -0.4 is 5.56 Å². The highest BCUT2D eigenvalue weighted by Crippen LogP contribution is 2.19. The summed E-state index contributed by atoms with van der Waals surface area (Å²) in [6, 6.07) is 1.84. The summed E-state index contributed by atoms with van der Waals surface area (Å²) in [7, 11) is 0. The Morgan fingerprint density at radius 1 is 1.53 bits per heavy atom. The van der Waals surface area contributed by atoms with E-state index in [4.69, 9.17) is 0 Å². The normalized spacial score (nSPS) is 11.8. The van der Waals surface area contributed by atoms with Crippen LogP contribution in [0.4, 0.5) is 0 Å². The van der Waals surface area contributed by atoms with Crippen LogP contribution >= 0.6 is 28.6 Å². The van der Waals surface area contributed by atoms with Crippen molar-refractivity contribution in [3.05, 3.63) is 32.7 Å².